The number of aliphatic hydroxyl groups excluding tert-OH is 1. The standard InChI is InChI=1S/C10H12N2O2/c1-7-2-3-12-5-8(6-13)11-10(14)9(12)4-7/h2-5,7,13H,6H2,1H3,(H,11,14). The first-order chi connectivity index (χ1) is 6.70. The molecule has 4 nitrogen and oxygen atoms in total. The summed E-state index contributed by atoms with van der Waals surface area (Å²) in [6, 6.07) is 0. The largest absolute Gasteiger partial charge is 0.390 e. The maximum Gasteiger partial charge on any atom is 0.272 e. The van der Waals surface area contributed by atoms with Gasteiger partial charge in [0.25, 0.3) is 5.91 Å². The zero-order chi connectivity index (χ0) is 10.1. The van der Waals surface area contributed by atoms with Gasteiger partial charge in [-0.3, -0.25) is 4.79 Å². The molecule has 0 saturated heterocycles. The summed E-state index contributed by atoms with van der Waals surface area (Å²) >= 11 is 0. The Bertz CT molecular complexity index is 355. The Morgan fingerprint density at radius 1 is 1.64 bits per heavy atom. The lowest BCUT2D eigenvalue weighted by atomic mass is 10.1. The van der Waals surface area contributed by atoms with Crippen molar-refractivity contribution >= 4 is 5.91 Å². The lowest BCUT2D eigenvalue weighted by molar-refractivity contribution is -0.118. The first-order valence-corrected chi connectivity index (χ1v) is 4.52. The Labute approximate surface area is 82.2 Å². The molecule has 2 heterocycles. The third kappa shape index (κ3) is 1.44. The van der Waals surface area contributed by atoms with Crippen LogP contribution in [0.15, 0.2) is 35.9 Å². The minimum atomic E-state index is -0.159. The summed E-state index contributed by atoms with van der Waals surface area (Å²) in [6.45, 7) is 1.86. The Hall–Kier alpha value is -1.55. The van der Waals surface area contributed by atoms with Crippen molar-refractivity contribution in [1.29, 1.82) is 0 Å². The molecule has 4 heteroatoms. The molecule has 0 aromatic heterocycles. The first kappa shape index (κ1) is 9.02. The van der Waals surface area contributed by atoms with Crippen molar-refractivity contribution < 1.29 is 9.90 Å². The highest BCUT2D eigenvalue weighted by Gasteiger charge is 2.23. The third-order valence-electron chi connectivity index (χ3n) is 2.22. The highest BCUT2D eigenvalue weighted by Crippen LogP contribution is 2.21. The molecule has 2 N–H and O–H groups in total. The van der Waals surface area contributed by atoms with Crippen LogP contribution in [0.3, 0.4) is 0 Å². The van der Waals surface area contributed by atoms with Gasteiger partial charge in [-0.15, -0.1) is 0 Å². The van der Waals surface area contributed by atoms with Crippen molar-refractivity contribution in [1.82, 2.24) is 10.2 Å². The molecule has 0 aliphatic carbocycles. The summed E-state index contributed by atoms with van der Waals surface area (Å²) < 4.78 is 0. The Balaban J connectivity index is 2.34. The molecule has 14 heavy (non-hydrogen) atoms. The molecule has 0 saturated carbocycles. The van der Waals surface area contributed by atoms with Crippen LogP contribution in [0.5, 0.6) is 0 Å². The summed E-state index contributed by atoms with van der Waals surface area (Å²) in [5, 5.41) is 11.5. The van der Waals surface area contributed by atoms with Crippen LogP contribution in [0.25, 0.3) is 0 Å². The number of allylic oxidation sites excluding steroid dienone is 2. The fourth-order valence-electron chi connectivity index (χ4n) is 1.50. The second kappa shape index (κ2) is 3.31. The Morgan fingerprint density at radius 2 is 2.43 bits per heavy atom. The van der Waals surface area contributed by atoms with Gasteiger partial charge in [-0.25, -0.2) is 0 Å². The zero-order valence-electron chi connectivity index (χ0n) is 7.90. The summed E-state index contributed by atoms with van der Waals surface area (Å²) in [5.41, 5.74) is 1.14. The van der Waals surface area contributed by atoms with Gasteiger partial charge in [0.05, 0.1) is 12.3 Å². The van der Waals surface area contributed by atoms with E-state index in [1.807, 2.05) is 25.3 Å². The minimum absolute atomic E-state index is 0.154. The number of nitrogens with zero attached hydrogens (tertiary/aromatic N) is 1. The second-order valence-electron chi connectivity index (χ2n) is 3.43. The van der Waals surface area contributed by atoms with E-state index in [1.165, 1.54) is 0 Å². The molecule has 0 bridgehead atoms. The first-order valence-electron chi connectivity index (χ1n) is 4.52. The number of nitrogens with one attached hydrogen (secondary N) is 1. The fraction of sp³-hybridized carbons (Fsp3) is 0.300. The van der Waals surface area contributed by atoms with E-state index >= 15 is 0 Å². The summed E-state index contributed by atoms with van der Waals surface area (Å²) in [6.07, 6.45) is 7.44. The third-order valence-corrected chi connectivity index (χ3v) is 2.22. The van der Waals surface area contributed by atoms with Gasteiger partial charge in [0.2, 0.25) is 0 Å². The number of fused-ring (bicyclic) bond motifs is 1. The number of carbonyl (C=O) groups excluding carboxylic acids is 1. The molecular weight excluding hydrogens is 180 g/mol. The van der Waals surface area contributed by atoms with Crippen LogP contribution in [0.4, 0.5) is 0 Å². The van der Waals surface area contributed by atoms with E-state index in [9.17, 15) is 4.79 Å². The molecular formula is C10H12N2O2. The maximum atomic E-state index is 11.5. The Kier molecular flexibility index (Phi) is 2.13. The van der Waals surface area contributed by atoms with Gasteiger partial charge in [0.15, 0.2) is 0 Å². The van der Waals surface area contributed by atoms with Crippen LogP contribution >= 0.6 is 0 Å². The number of hydrogen-bond acceptors (Lipinski definition) is 3. The van der Waals surface area contributed by atoms with E-state index in [0.29, 0.717) is 11.4 Å². The minimum Gasteiger partial charge on any atom is -0.390 e. The molecule has 0 spiro atoms. The van der Waals surface area contributed by atoms with Crippen LogP contribution in [-0.4, -0.2) is 22.5 Å². The normalized spacial score (nSPS) is 25.1. The molecule has 0 radical (unpaired) electrons. The van der Waals surface area contributed by atoms with Gasteiger partial charge >= 0.3 is 0 Å². The van der Waals surface area contributed by atoms with Crippen molar-refractivity contribution in [2.45, 2.75) is 6.92 Å². The summed E-state index contributed by atoms with van der Waals surface area (Å²) in [7, 11) is 0. The van der Waals surface area contributed by atoms with Gasteiger partial charge in [-0.1, -0.05) is 13.0 Å². The van der Waals surface area contributed by atoms with Crippen molar-refractivity contribution in [2.75, 3.05) is 6.61 Å². The molecule has 0 fully saturated rings. The topological polar surface area (TPSA) is 52.6 Å². The SMILES string of the molecule is CC1C=CN2C=C(CO)NC(=O)C2=C1. The molecule has 2 aliphatic heterocycles. The van der Waals surface area contributed by atoms with Gasteiger partial charge in [-0.2, -0.15) is 0 Å². The van der Waals surface area contributed by atoms with Gasteiger partial charge < -0.3 is 15.3 Å². The average Bonchev–Trinajstić information content (AvgIpc) is 2.19. The van der Waals surface area contributed by atoms with Crippen molar-refractivity contribution in [2.24, 2.45) is 5.92 Å². The molecule has 1 amide bonds. The molecule has 0 aromatic rings. The Morgan fingerprint density at radius 3 is 3.14 bits per heavy atom. The zero-order valence-corrected chi connectivity index (χ0v) is 7.90. The number of amides is 1. The van der Waals surface area contributed by atoms with Gasteiger partial charge in [-0.05, 0) is 12.0 Å². The van der Waals surface area contributed by atoms with Gasteiger partial charge in [0, 0.05) is 12.4 Å². The van der Waals surface area contributed by atoms with E-state index in [2.05, 4.69) is 5.32 Å². The number of hydrogen-bond donors (Lipinski definition) is 2. The van der Waals surface area contributed by atoms with E-state index in [-0.39, 0.29) is 18.4 Å². The summed E-state index contributed by atoms with van der Waals surface area (Å²) in [4.78, 5) is 13.3. The predicted molar refractivity (Wildman–Crippen MR) is 51.5 cm³/mol. The molecule has 2 rings (SSSR count). The highest BCUT2D eigenvalue weighted by atomic mass is 16.3. The van der Waals surface area contributed by atoms with Crippen LogP contribution in [0, 0.1) is 5.92 Å². The van der Waals surface area contributed by atoms with Crippen LogP contribution in [0.2, 0.25) is 0 Å². The monoisotopic (exact) mass is 192 g/mol. The smallest absolute Gasteiger partial charge is 0.272 e. The van der Waals surface area contributed by atoms with Crippen molar-refractivity contribution in [3.8, 4) is 0 Å². The van der Waals surface area contributed by atoms with Crippen LogP contribution < -0.4 is 5.32 Å². The molecule has 1 unspecified atom stereocenters. The molecule has 2 aliphatic rings. The van der Waals surface area contributed by atoms with Crippen LogP contribution in [-0.2, 0) is 4.79 Å². The van der Waals surface area contributed by atoms with E-state index in [1.54, 1.807) is 11.1 Å². The number of rotatable bonds is 1. The fourth-order valence-corrected chi connectivity index (χ4v) is 1.50. The second-order valence-corrected chi connectivity index (χ2v) is 3.43. The molecule has 74 valence electrons. The van der Waals surface area contributed by atoms with E-state index in [4.69, 9.17) is 5.11 Å². The maximum absolute atomic E-state index is 11.5. The number of carbonyl (C=O) groups is 1. The summed E-state index contributed by atoms with van der Waals surface area (Å²) in [5.74, 6) is 0.115. The van der Waals surface area contributed by atoms with Crippen LogP contribution in [0.1, 0.15) is 6.92 Å². The quantitative estimate of drug-likeness (QED) is 0.628. The molecule has 1 atom stereocenters. The van der Waals surface area contributed by atoms with Crippen molar-refractivity contribution in [3.05, 3.63) is 35.9 Å². The predicted octanol–water partition coefficient (Wildman–Crippen LogP) is 0.299. The van der Waals surface area contributed by atoms with Crippen molar-refractivity contribution in [3.63, 3.8) is 0 Å². The highest BCUT2D eigenvalue weighted by molar-refractivity contribution is 5.95. The van der Waals surface area contributed by atoms with E-state index in [0.717, 1.165) is 0 Å². The lowest BCUT2D eigenvalue weighted by Crippen LogP contribution is -2.38. The average molecular weight is 192 g/mol. The van der Waals surface area contributed by atoms with Gasteiger partial charge in [0.1, 0.15) is 5.70 Å². The number of aliphatic hydroxyl groups is 1. The van der Waals surface area contributed by atoms with E-state index < -0.39 is 0 Å². The lowest BCUT2D eigenvalue weighted by Gasteiger charge is -2.29. The molecule has 0 aromatic carbocycles.